The van der Waals surface area contributed by atoms with Crippen LogP contribution in [0.1, 0.15) is 5.69 Å². The number of hydrogen-bond acceptors (Lipinski definition) is 3. The molecule has 0 aliphatic heterocycles. The van der Waals surface area contributed by atoms with Gasteiger partial charge in [-0.15, -0.1) is 0 Å². The zero-order chi connectivity index (χ0) is 11.5. The molecule has 2 aromatic rings. The molecule has 1 aromatic carbocycles. The Morgan fingerprint density at radius 2 is 1.88 bits per heavy atom. The summed E-state index contributed by atoms with van der Waals surface area (Å²) in [7, 11) is 0. The second kappa shape index (κ2) is 4.16. The lowest BCUT2D eigenvalue weighted by Gasteiger charge is -2.09. The Hall–Kier alpha value is -2.14. The number of aromatic nitrogens is 2. The van der Waals surface area contributed by atoms with Gasteiger partial charge in [-0.2, -0.15) is 0 Å². The maximum Gasteiger partial charge on any atom is 0.333 e. The van der Waals surface area contributed by atoms with Gasteiger partial charge >= 0.3 is 5.69 Å². The summed E-state index contributed by atoms with van der Waals surface area (Å²) in [6.45, 7) is 0.133. The van der Waals surface area contributed by atoms with E-state index < -0.39 is 11.2 Å². The lowest BCUT2D eigenvalue weighted by Crippen LogP contribution is -2.31. The van der Waals surface area contributed by atoms with E-state index >= 15 is 0 Å². The van der Waals surface area contributed by atoms with Crippen LogP contribution in [0.4, 0.5) is 0 Å². The molecule has 0 aliphatic rings. The molecule has 0 amide bonds. The Kier molecular flexibility index (Phi) is 2.70. The van der Waals surface area contributed by atoms with Gasteiger partial charge in [-0.1, -0.05) is 18.2 Å². The van der Waals surface area contributed by atoms with Crippen LogP contribution in [0.25, 0.3) is 5.69 Å². The largest absolute Gasteiger partial charge is 0.333 e. The van der Waals surface area contributed by atoms with Crippen molar-refractivity contribution < 1.29 is 0 Å². The maximum atomic E-state index is 11.7. The molecular formula is C11H11N3O2. The minimum absolute atomic E-state index is 0.133. The van der Waals surface area contributed by atoms with Gasteiger partial charge in [-0.05, 0) is 12.1 Å². The van der Waals surface area contributed by atoms with Crippen LogP contribution in [0.2, 0.25) is 0 Å². The molecule has 0 saturated heterocycles. The highest BCUT2D eigenvalue weighted by atomic mass is 16.2. The van der Waals surface area contributed by atoms with Gasteiger partial charge in [0.2, 0.25) is 0 Å². The van der Waals surface area contributed by atoms with Crippen LogP contribution in [0.15, 0.2) is 46.0 Å². The molecule has 0 spiro atoms. The summed E-state index contributed by atoms with van der Waals surface area (Å²) >= 11 is 0. The van der Waals surface area contributed by atoms with Crippen molar-refractivity contribution in [2.45, 2.75) is 6.54 Å². The number of H-pyrrole nitrogens is 1. The van der Waals surface area contributed by atoms with E-state index in [2.05, 4.69) is 4.98 Å². The van der Waals surface area contributed by atoms with Gasteiger partial charge < -0.3 is 5.73 Å². The van der Waals surface area contributed by atoms with Crippen molar-refractivity contribution in [3.05, 3.63) is 62.9 Å². The molecule has 0 fully saturated rings. The summed E-state index contributed by atoms with van der Waals surface area (Å²) in [5.74, 6) is 0. The minimum Gasteiger partial charge on any atom is -0.325 e. The van der Waals surface area contributed by atoms with E-state index in [1.807, 2.05) is 18.2 Å². The number of nitrogens with zero attached hydrogens (tertiary/aromatic N) is 1. The van der Waals surface area contributed by atoms with Gasteiger partial charge in [-0.3, -0.25) is 14.3 Å². The van der Waals surface area contributed by atoms with Crippen LogP contribution in [0.5, 0.6) is 0 Å². The lowest BCUT2D eigenvalue weighted by molar-refractivity contribution is 0.806. The number of benzene rings is 1. The molecule has 3 N–H and O–H groups in total. The van der Waals surface area contributed by atoms with E-state index in [0.717, 1.165) is 0 Å². The van der Waals surface area contributed by atoms with Gasteiger partial charge in [0.25, 0.3) is 5.56 Å². The third kappa shape index (κ3) is 1.80. The maximum absolute atomic E-state index is 11.7. The average Bonchev–Trinajstić information content (AvgIpc) is 2.29. The SMILES string of the molecule is NCc1cc(=O)[nH]c(=O)n1-c1ccccc1. The zero-order valence-corrected chi connectivity index (χ0v) is 8.51. The fourth-order valence-electron chi connectivity index (χ4n) is 1.55. The number of para-hydroxylation sites is 1. The number of aromatic amines is 1. The minimum atomic E-state index is -0.473. The van der Waals surface area contributed by atoms with Crippen LogP contribution in [0.3, 0.4) is 0 Å². The summed E-state index contributed by atoms with van der Waals surface area (Å²) in [6, 6.07) is 10.4. The Morgan fingerprint density at radius 3 is 2.50 bits per heavy atom. The first-order chi connectivity index (χ1) is 7.72. The number of nitrogens with one attached hydrogen (secondary N) is 1. The molecule has 5 nitrogen and oxygen atoms in total. The van der Waals surface area contributed by atoms with Crippen LogP contribution in [0, 0.1) is 0 Å². The van der Waals surface area contributed by atoms with E-state index in [1.165, 1.54) is 10.6 Å². The molecule has 2 rings (SSSR count). The summed E-state index contributed by atoms with van der Waals surface area (Å²) in [6.07, 6.45) is 0. The third-order valence-corrected chi connectivity index (χ3v) is 2.24. The monoisotopic (exact) mass is 217 g/mol. The first-order valence-electron chi connectivity index (χ1n) is 4.83. The highest BCUT2D eigenvalue weighted by Gasteiger charge is 2.05. The predicted octanol–water partition coefficient (Wildman–Crippen LogP) is -0.0155. The van der Waals surface area contributed by atoms with Crippen molar-refractivity contribution >= 4 is 0 Å². The highest BCUT2D eigenvalue weighted by Crippen LogP contribution is 2.05. The first kappa shape index (κ1) is 10.4. The van der Waals surface area contributed by atoms with Crippen LogP contribution in [-0.4, -0.2) is 9.55 Å². The Balaban J connectivity index is 2.74. The fraction of sp³-hybridized carbons (Fsp3) is 0.0909. The van der Waals surface area contributed by atoms with Crippen LogP contribution in [-0.2, 0) is 6.54 Å². The quantitative estimate of drug-likeness (QED) is 0.742. The summed E-state index contributed by atoms with van der Waals surface area (Å²) in [5, 5.41) is 0. The van der Waals surface area contributed by atoms with Gasteiger partial charge in [0, 0.05) is 18.3 Å². The van der Waals surface area contributed by atoms with E-state index in [0.29, 0.717) is 11.4 Å². The van der Waals surface area contributed by atoms with Crippen LogP contribution >= 0.6 is 0 Å². The normalized spacial score (nSPS) is 10.3. The molecule has 0 radical (unpaired) electrons. The summed E-state index contributed by atoms with van der Waals surface area (Å²) in [5.41, 5.74) is 5.78. The predicted molar refractivity (Wildman–Crippen MR) is 60.6 cm³/mol. The molecule has 16 heavy (non-hydrogen) atoms. The van der Waals surface area contributed by atoms with Gasteiger partial charge in [-0.25, -0.2) is 4.79 Å². The molecule has 0 atom stereocenters. The van der Waals surface area contributed by atoms with Gasteiger partial charge in [0.15, 0.2) is 0 Å². The Bertz CT molecular complexity index is 599. The second-order valence-electron chi connectivity index (χ2n) is 3.31. The molecule has 1 aromatic heterocycles. The molecule has 1 heterocycles. The van der Waals surface area contributed by atoms with Crippen molar-refractivity contribution in [1.29, 1.82) is 0 Å². The summed E-state index contributed by atoms with van der Waals surface area (Å²) in [4.78, 5) is 25.0. The van der Waals surface area contributed by atoms with E-state index in [-0.39, 0.29) is 6.54 Å². The average molecular weight is 217 g/mol. The third-order valence-electron chi connectivity index (χ3n) is 2.24. The van der Waals surface area contributed by atoms with Crippen LogP contribution < -0.4 is 17.0 Å². The topological polar surface area (TPSA) is 80.9 Å². The molecular weight excluding hydrogens is 206 g/mol. The van der Waals surface area contributed by atoms with Gasteiger partial charge in [0.05, 0.1) is 5.69 Å². The summed E-state index contributed by atoms with van der Waals surface area (Å²) < 4.78 is 1.39. The molecule has 5 heteroatoms. The number of nitrogens with two attached hydrogens (primary N) is 1. The van der Waals surface area contributed by atoms with E-state index in [4.69, 9.17) is 5.73 Å². The zero-order valence-electron chi connectivity index (χ0n) is 8.51. The second-order valence-corrected chi connectivity index (χ2v) is 3.31. The molecule has 82 valence electrons. The Labute approximate surface area is 91.2 Å². The van der Waals surface area contributed by atoms with E-state index in [1.54, 1.807) is 12.1 Å². The molecule has 0 aliphatic carbocycles. The Morgan fingerprint density at radius 1 is 1.19 bits per heavy atom. The molecule has 0 bridgehead atoms. The van der Waals surface area contributed by atoms with Crippen molar-refractivity contribution in [3.8, 4) is 5.69 Å². The van der Waals surface area contributed by atoms with E-state index in [9.17, 15) is 9.59 Å². The fourth-order valence-corrected chi connectivity index (χ4v) is 1.55. The van der Waals surface area contributed by atoms with Crippen molar-refractivity contribution in [3.63, 3.8) is 0 Å². The first-order valence-corrected chi connectivity index (χ1v) is 4.83. The molecule has 0 saturated carbocycles. The van der Waals surface area contributed by atoms with Crippen molar-refractivity contribution in [2.24, 2.45) is 5.73 Å². The number of rotatable bonds is 2. The van der Waals surface area contributed by atoms with Crippen molar-refractivity contribution in [2.75, 3.05) is 0 Å². The lowest BCUT2D eigenvalue weighted by atomic mass is 10.3. The number of hydrogen-bond donors (Lipinski definition) is 2. The standard InChI is InChI=1S/C11H11N3O2/c12-7-9-6-10(15)13-11(16)14(9)8-4-2-1-3-5-8/h1-6H,7,12H2,(H,13,15,16). The highest BCUT2D eigenvalue weighted by molar-refractivity contribution is 5.33. The van der Waals surface area contributed by atoms with Crippen molar-refractivity contribution in [1.82, 2.24) is 9.55 Å². The smallest absolute Gasteiger partial charge is 0.325 e. The van der Waals surface area contributed by atoms with Gasteiger partial charge in [0.1, 0.15) is 0 Å². The molecule has 0 unspecified atom stereocenters.